The predicted octanol–water partition coefficient (Wildman–Crippen LogP) is 2.55. The summed E-state index contributed by atoms with van der Waals surface area (Å²) < 4.78 is 0. The van der Waals surface area contributed by atoms with Crippen LogP contribution in [0.1, 0.15) is 50.0 Å². The minimum absolute atomic E-state index is 0.707. The van der Waals surface area contributed by atoms with Gasteiger partial charge in [0.05, 0.1) is 0 Å². The van der Waals surface area contributed by atoms with Gasteiger partial charge in [0, 0.05) is 18.9 Å². The topological polar surface area (TPSA) is 49.8 Å². The van der Waals surface area contributed by atoms with Crippen LogP contribution in [0.5, 0.6) is 0 Å². The Morgan fingerprint density at radius 3 is 2.63 bits per heavy atom. The fourth-order valence-corrected chi connectivity index (χ4v) is 3.25. The summed E-state index contributed by atoms with van der Waals surface area (Å²) in [5, 5.41) is 6.74. The van der Waals surface area contributed by atoms with Crippen molar-refractivity contribution >= 4 is 5.95 Å². The molecule has 1 saturated heterocycles. The highest BCUT2D eigenvalue weighted by atomic mass is 15.1. The van der Waals surface area contributed by atoms with Crippen LogP contribution in [-0.2, 0) is 0 Å². The maximum atomic E-state index is 4.45. The van der Waals surface area contributed by atoms with Gasteiger partial charge in [-0.2, -0.15) is 0 Å². The monoisotopic (exact) mass is 260 g/mol. The van der Waals surface area contributed by atoms with E-state index in [1.54, 1.807) is 0 Å². The smallest absolute Gasteiger partial charge is 0.222 e. The first-order valence-electron chi connectivity index (χ1n) is 7.68. The van der Waals surface area contributed by atoms with Crippen molar-refractivity contribution < 1.29 is 0 Å². The highest BCUT2D eigenvalue weighted by molar-refractivity contribution is 5.26. The van der Waals surface area contributed by atoms with E-state index in [9.17, 15) is 0 Å². The molecule has 1 aromatic rings. The predicted molar refractivity (Wildman–Crippen MR) is 77.3 cm³/mol. The van der Waals surface area contributed by atoms with Crippen molar-refractivity contribution in [2.24, 2.45) is 5.92 Å². The summed E-state index contributed by atoms with van der Waals surface area (Å²) in [6, 6.07) is 0. The molecule has 4 nitrogen and oxygen atoms in total. The van der Waals surface area contributed by atoms with Crippen LogP contribution in [0.25, 0.3) is 0 Å². The summed E-state index contributed by atoms with van der Waals surface area (Å²) >= 11 is 0. The van der Waals surface area contributed by atoms with E-state index in [0.29, 0.717) is 5.92 Å². The first kappa shape index (κ1) is 12.9. The van der Waals surface area contributed by atoms with E-state index in [1.807, 2.05) is 12.4 Å². The van der Waals surface area contributed by atoms with Crippen molar-refractivity contribution in [1.82, 2.24) is 15.3 Å². The zero-order chi connectivity index (χ0) is 12.9. The van der Waals surface area contributed by atoms with Crippen molar-refractivity contribution in [3.63, 3.8) is 0 Å². The average molecular weight is 260 g/mol. The van der Waals surface area contributed by atoms with Crippen LogP contribution in [-0.4, -0.2) is 29.6 Å². The van der Waals surface area contributed by atoms with Crippen LogP contribution >= 0.6 is 0 Å². The van der Waals surface area contributed by atoms with E-state index in [-0.39, 0.29) is 0 Å². The molecule has 3 rings (SSSR count). The lowest BCUT2D eigenvalue weighted by Crippen LogP contribution is -2.13. The molecule has 1 saturated carbocycles. The maximum Gasteiger partial charge on any atom is 0.222 e. The molecule has 0 amide bonds. The van der Waals surface area contributed by atoms with E-state index in [4.69, 9.17) is 0 Å². The van der Waals surface area contributed by atoms with Gasteiger partial charge in [0.25, 0.3) is 0 Å². The number of rotatable bonds is 5. The molecule has 4 heteroatoms. The minimum atomic E-state index is 0.707. The van der Waals surface area contributed by atoms with Crippen LogP contribution in [0.3, 0.4) is 0 Å². The number of anilines is 1. The van der Waals surface area contributed by atoms with Gasteiger partial charge in [-0.25, -0.2) is 9.97 Å². The summed E-state index contributed by atoms with van der Waals surface area (Å²) in [6.45, 7) is 3.33. The average Bonchev–Trinajstić information content (AvgIpc) is 3.13. The normalized spacial score (nSPS) is 23.9. The Labute approximate surface area is 115 Å². The Morgan fingerprint density at radius 1 is 1.16 bits per heavy atom. The Hall–Kier alpha value is -1.16. The summed E-state index contributed by atoms with van der Waals surface area (Å²) in [7, 11) is 0. The van der Waals surface area contributed by atoms with Crippen LogP contribution in [0.2, 0.25) is 0 Å². The molecule has 0 bridgehead atoms. The van der Waals surface area contributed by atoms with Gasteiger partial charge in [-0.3, -0.25) is 0 Å². The van der Waals surface area contributed by atoms with E-state index in [0.717, 1.165) is 18.4 Å². The van der Waals surface area contributed by atoms with Crippen LogP contribution in [0.15, 0.2) is 12.4 Å². The molecular formula is C15H24N4. The van der Waals surface area contributed by atoms with Crippen LogP contribution in [0, 0.1) is 5.92 Å². The third kappa shape index (κ3) is 3.44. The minimum Gasteiger partial charge on any atom is -0.354 e. The molecule has 2 aliphatic rings. The van der Waals surface area contributed by atoms with E-state index in [2.05, 4.69) is 20.6 Å². The zero-order valence-electron chi connectivity index (χ0n) is 11.6. The van der Waals surface area contributed by atoms with Gasteiger partial charge in [0.2, 0.25) is 5.95 Å². The second kappa shape index (κ2) is 6.33. The Bertz CT molecular complexity index is 378. The summed E-state index contributed by atoms with van der Waals surface area (Å²) in [6.07, 6.45) is 11.9. The third-order valence-electron chi connectivity index (χ3n) is 4.50. The zero-order valence-corrected chi connectivity index (χ0v) is 11.6. The quantitative estimate of drug-likeness (QED) is 0.854. The van der Waals surface area contributed by atoms with Gasteiger partial charge < -0.3 is 10.6 Å². The molecule has 2 heterocycles. The Morgan fingerprint density at radius 2 is 1.95 bits per heavy atom. The molecule has 1 unspecified atom stereocenters. The van der Waals surface area contributed by atoms with E-state index in [1.165, 1.54) is 57.2 Å². The molecule has 1 aliphatic heterocycles. The molecular weight excluding hydrogens is 236 g/mol. The number of nitrogens with zero attached hydrogens (tertiary/aromatic N) is 2. The standard InChI is InChI=1S/C15H24N4/c1-2-4-13(3-1)14-10-18-15(19-11-14)17-8-6-12-5-7-16-9-12/h10-13,16H,1-9H2,(H,17,18,19). The molecule has 0 radical (unpaired) electrons. The second-order valence-corrected chi connectivity index (χ2v) is 5.90. The van der Waals surface area contributed by atoms with Crippen molar-refractivity contribution in [2.75, 3.05) is 25.0 Å². The highest BCUT2D eigenvalue weighted by Gasteiger charge is 2.17. The number of hydrogen-bond acceptors (Lipinski definition) is 4. The summed E-state index contributed by atoms with van der Waals surface area (Å²) in [5.74, 6) is 2.32. The van der Waals surface area contributed by atoms with Gasteiger partial charge >= 0.3 is 0 Å². The van der Waals surface area contributed by atoms with Crippen LogP contribution < -0.4 is 10.6 Å². The number of aromatic nitrogens is 2. The second-order valence-electron chi connectivity index (χ2n) is 5.90. The Balaban J connectivity index is 1.45. The van der Waals surface area contributed by atoms with Crippen molar-refractivity contribution in [3.05, 3.63) is 18.0 Å². The Kier molecular flexibility index (Phi) is 4.28. The fourth-order valence-electron chi connectivity index (χ4n) is 3.25. The van der Waals surface area contributed by atoms with E-state index < -0.39 is 0 Å². The number of nitrogens with one attached hydrogen (secondary N) is 2. The van der Waals surface area contributed by atoms with Gasteiger partial charge in [-0.15, -0.1) is 0 Å². The molecule has 0 spiro atoms. The van der Waals surface area contributed by atoms with Gasteiger partial charge in [0.15, 0.2) is 0 Å². The molecule has 1 atom stereocenters. The molecule has 104 valence electrons. The first-order chi connectivity index (χ1) is 9.42. The highest BCUT2D eigenvalue weighted by Crippen LogP contribution is 2.33. The third-order valence-corrected chi connectivity index (χ3v) is 4.50. The lowest BCUT2D eigenvalue weighted by atomic mass is 10.0. The molecule has 2 N–H and O–H groups in total. The maximum absolute atomic E-state index is 4.45. The summed E-state index contributed by atoms with van der Waals surface area (Å²) in [4.78, 5) is 8.90. The molecule has 1 aromatic heterocycles. The molecule has 19 heavy (non-hydrogen) atoms. The van der Waals surface area contributed by atoms with Gasteiger partial charge in [-0.05, 0) is 56.2 Å². The fraction of sp³-hybridized carbons (Fsp3) is 0.733. The van der Waals surface area contributed by atoms with Crippen LogP contribution in [0.4, 0.5) is 5.95 Å². The molecule has 1 aliphatic carbocycles. The number of hydrogen-bond donors (Lipinski definition) is 2. The van der Waals surface area contributed by atoms with E-state index >= 15 is 0 Å². The van der Waals surface area contributed by atoms with Crippen molar-refractivity contribution in [1.29, 1.82) is 0 Å². The largest absolute Gasteiger partial charge is 0.354 e. The molecule has 0 aromatic carbocycles. The lowest BCUT2D eigenvalue weighted by molar-refractivity contribution is 0.548. The summed E-state index contributed by atoms with van der Waals surface area (Å²) in [5.41, 5.74) is 1.32. The lowest BCUT2D eigenvalue weighted by Gasteiger charge is -2.11. The first-order valence-corrected chi connectivity index (χ1v) is 7.68. The molecule has 2 fully saturated rings. The van der Waals surface area contributed by atoms with Crippen molar-refractivity contribution in [2.45, 2.75) is 44.4 Å². The van der Waals surface area contributed by atoms with Gasteiger partial charge in [-0.1, -0.05) is 12.8 Å². The SMILES string of the molecule is c1nc(NCCC2CCNC2)ncc1C1CCCC1. The van der Waals surface area contributed by atoms with Gasteiger partial charge in [0.1, 0.15) is 0 Å². The van der Waals surface area contributed by atoms with Crippen molar-refractivity contribution in [3.8, 4) is 0 Å².